The molecular formula is C16H21NO2. The van der Waals surface area contributed by atoms with Gasteiger partial charge in [0.05, 0.1) is 5.60 Å². The minimum absolute atomic E-state index is 0.571. The molecule has 1 heterocycles. The molecule has 3 nitrogen and oxygen atoms in total. The van der Waals surface area contributed by atoms with Crippen LogP contribution in [-0.2, 0) is 4.74 Å². The summed E-state index contributed by atoms with van der Waals surface area (Å²) >= 11 is 0. The van der Waals surface area contributed by atoms with E-state index in [2.05, 4.69) is 4.98 Å². The van der Waals surface area contributed by atoms with Crippen molar-refractivity contribution in [2.24, 2.45) is 0 Å². The monoisotopic (exact) mass is 259 g/mol. The van der Waals surface area contributed by atoms with E-state index in [9.17, 15) is 5.11 Å². The summed E-state index contributed by atoms with van der Waals surface area (Å²) in [5, 5.41) is 12.8. The first-order valence-corrected chi connectivity index (χ1v) is 6.77. The molecule has 1 N–H and O–H groups in total. The number of pyridine rings is 1. The summed E-state index contributed by atoms with van der Waals surface area (Å²) < 4.78 is 5.77. The fourth-order valence-electron chi connectivity index (χ4n) is 2.41. The minimum Gasteiger partial charge on any atom is -0.385 e. The van der Waals surface area contributed by atoms with Crippen LogP contribution >= 0.6 is 0 Å². The number of hydrogen-bond acceptors (Lipinski definition) is 3. The molecule has 0 bridgehead atoms. The molecule has 2 atom stereocenters. The predicted octanol–water partition coefficient (Wildman–Crippen LogP) is 3.47. The average molecular weight is 259 g/mol. The third kappa shape index (κ3) is 2.62. The Balaban J connectivity index is 2.49. The van der Waals surface area contributed by atoms with E-state index in [1.54, 1.807) is 12.4 Å². The van der Waals surface area contributed by atoms with Crippen molar-refractivity contribution in [1.82, 2.24) is 4.98 Å². The number of fused-ring (bicyclic) bond motifs is 1. The van der Waals surface area contributed by atoms with Crippen LogP contribution in [-0.4, -0.2) is 22.3 Å². The summed E-state index contributed by atoms with van der Waals surface area (Å²) in [5.74, 6) is 0. The van der Waals surface area contributed by atoms with Gasteiger partial charge in [-0.05, 0) is 37.3 Å². The Kier molecular flexibility index (Phi) is 4.17. The highest BCUT2D eigenvalue weighted by Crippen LogP contribution is 2.35. The topological polar surface area (TPSA) is 42.4 Å². The number of benzene rings is 1. The van der Waals surface area contributed by atoms with Gasteiger partial charge in [0.25, 0.3) is 0 Å². The Bertz CT molecular complexity index is 550. The molecular weight excluding hydrogens is 238 g/mol. The molecule has 1 aromatic carbocycles. The van der Waals surface area contributed by atoms with Gasteiger partial charge in [-0.2, -0.15) is 0 Å². The van der Waals surface area contributed by atoms with E-state index >= 15 is 0 Å². The zero-order chi connectivity index (χ0) is 13.9. The van der Waals surface area contributed by atoms with Crippen LogP contribution in [0.4, 0.5) is 0 Å². The van der Waals surface area contributed by atoms with Gasteiger partial charge < -0.3 is 9.84 Å². The molecule has 0 radical (unpaired) electrons. The van der Waals surface area contributed by atoms with Gasteiger partial charge >= 0.3 is 0 Å². The lowest BCUT2D eigenvalue weighted by Gasteiger charge is -2.34. The summed E-state index contributed by atoms with van der Waals surface area (Å²) in [6.45, 7) is 6.52. The van der Waals surface area contributed by atoms with Gasteiger partial charge in [-0.15, -0.1) is 0 Å². The lowest BCUT2D eigenvalue weighted by atomic mass is 9.88. The van der Waals surface area contributed by atoms with E-state index in [4.69, 9.17) is 4.74 Å². The molecule has 0 saturated heterocycles. The molecule has 2 rings (SSSR count). The van der Waals surface area contributed by atoms with E-state index in [1.165, 1.54) is 0 Å². The zero-order valence-corrected chi connectivity index (χ0v) is 11.8. The summed E-state index contributed by atoms with van der Waals surface area (Å²) in [7, 11) is 0. The van der Waals surface area contributed by atoms with Crippen molar-refractivity contribution >= 4 is 10.8 Å². The van der Waals surface area contributed by atoms with Crippen LogP contribution in [0.15, 0.2) is 36.7 Å². The Morgan fingerprint density at radius 2 is 2.11 bits per heavy atom. The summed E-state index contributed by atoms with van der Waals surface area (Å²) in [4.78, 5) is 4.16. The third-order valence-electron chi connectivity index (χ3n) is 3.77. The number of ether oxygens (including phenoxy) is 1. The van der Waals surface area contributed by atoms with E-state index in [0.29, 0.717) is 6.61 Å². The summed E-state index contributed by atoms with van der Waals surface area (Å²) in [5.41, 5.74) is 0.308. The normalized spacial score (nSPS) is 16.2. The molecule has 0 saturated carbocycles. The van der Waals surface area contributed by atoms with E-state index in [-0.39, 0.29) is 0 Å². The van der Waals surface area contributed by atoms with Gasteiger partial charge in [-0.25, -0.2) is 0 Å². The highest BCUT2D eigenvalue weighted by atomic mass is 16.5. The smallest absolute Gasteiger partial charge is 0.108 e. The quantitative estimate of drug-likeness (QED) is 0.894. The first-order chi connectivity index (χ1) is 9.12. The SMILES string of the molecule is CCOC(C)(CC)C(O)c1cccc2ccncc12. The van der Waals surface area contributed by atoms with Crippen LogP contribution < -0.4 is 0 Å². The predicted molar refractivity (Wildman–Crippen MR) is 77.0 cm³/mol. The second kappa shape index (κ2) is 5.68. The molecule has 0 amide bonds. The second-order valence-corrected chi connectivity index (χ2v) is 4.95. The minimum atomic E-state index is -0.662. The fourth-order valence-corrected chi connectivity index (χ4v) is 2.41. The molecule has 0 aliphatic heterocycles. The molecule has 2 unspecified atom stereocenters. The second-order valence-electron chi connectivity index (χ2n) is 4.95. The molecule has 0 aliphatic rings. The van der Waals surface area contributed by atoms with Gasteiger partial charge in [-0.3, -0.25) is 4.98 Å². The Morgan fingerprint density at radius 3 is 2.79 bits per heavy atom. The number of nitrogens with zero attached hydrogens (tertiary/aromatic N) is 1. The molecule has 0 fully saturated rings. The first-order valence-electron chi connectivity index (χ1n) is 6.77. The summed E-state index contributed by atoms with van der Waals surface area (Å²) in [6.07, 6.45) is 3.65. The third-order valence-corrected chi connectivity index (χ3v) is 3.77. The van der Waals surface area contributed by atoms with Crippen LogP contribution in [0.2, 0.25) is 0 Å². The first kappa shape index (κ1) is 14.0. The van der Waals surface area contributed by atoms with Crippen molar-refractivity contribution in [2.75, 3.05) is 6.61 Å². The number of aliphatic hydroxyl groups excluding tert-OH is 1. The molecule has 2 aromatic rings. The maximum atomic E-state index is 10.7. The van der Waals surface area contributed by atoms with E-state index < -0.39 is 11.7 Å². The molecule has 19 heavy (non-hydrogen) atoms. The largest absolute Gasteiger partial charge is 0.385 e. The van der Waals surface area contributed by atoms with Crippen molar-refractivity contribution in [1.29, 1.82) is 0 Å². The van der Waals surface area contributed by atoms with E-state index in [0.717, 1.165) is 22.8 Å². The van der Waals surface area contributed by atoms with Crippen molar-refractivity contribution in [3.63, 3.8) is 0 Å². The highest BCUT2D eigenvalue weighted by molar-refractivity contribution is 5.85. The molecule has 102 valence electrons. The Labute approximate surface area is 114 Å². The van der Waals surface area contributed by atoms with Gasteiger partial charge in [0.15, 0.2) is 0 Å². The van der Waals surface area contributed by atoms with Crippen LogP contribution in [0.5, 0.6) is 0 Å². The van der Waals surface area contributed by atoms with Gasteiger partial charge in [0, 0.05) is 24.4 Å². The average Bonchev–Trinajstić information content (AvgIpc) is 2.46. The van der Waals surface area contributed by atoms with Gasteiger partial charge in [0.1, 0.15) is 6.10 Å². The number of aromatic nitrogens is 1. The number of aliphatic hydroxyl groups is 1. The van der Waals surface area contributed by atoms with Crippen molar-refractivity contribution in [3.8, 4) is 0 Å². The maximum Gasteiger partial charge on any atom is 0.108 e. The van der Waals surface area contributed by atoms with Crippen LogP contribution in [0.25, 0.3) is 10.8 Å². The number of hydrogen-bond donors (Lipinski definition) is 1. The highest BCUT2D eigenvalue weighted by Gasteiger charge is 2.33. The van der Waals surface area contributed by atoms with Crippen LogP contribution in [0.3, 0.4) is 0 Å². The van der Waals surface area contributed by atoms with E-state index in [1.807, 2.05) is 45.0 Å². The Hall–Kier alpha value is -1.45. The van der Waals surface area contributed by atoms with Gasteiger partial charge in [-0.1, -0.05) is 25.1 Å². The molecule has 0 aliphatic carbocycles. The van der Waals surface area contributed by atoms with Crippen LogP contribution in [0, 0.1) is 0 Å². The van der Waals surface area contributed by atoms with Gasteiger partial charge in [0.2, 0.25) is 0 Å². The maximum absolute atomic E-state index is 10.7. The van der Waals surface area contributed by atoms with Crippen molar-refractivity contribution < 1.29 is 9.84 Å². The molecule has 3 heteroatoms. The lowest BCUT2D eigenvalue weighted by Crippen LogP contribution is -2.35. The van der Waals surface area contributed by atoms with Crippen LogP contribution in [0.1, 0.15) is 38.9 Å². The lowest BCUT2D eigenvalue weighted by molar-refractivity contribution is -0.112. The standard InChI is InChI=1S/C16H21NO2/c1-4-16(3,19-5-2)15(18)13-8-6-7-12-9-10-17-11-14(12)13/h6-11,15,18H,4-5H2,1-3H3. The Morgan fingerprint density at radius 1 is 1.32 bits per heavy atom. The summed E-state index contributed by atoms with van der Waals surface area (Å²) in [6, 6.07) is 7.89. The number of rotatable bonds is 5. The fraction of sp³-hybridized carbons (Fsp3) is 0.438. The molecule has 0 spiro atoms. The van der Waals surface area contributed by atoms with Crippen molar-refractivity contribution in [2.45, 2.75) is 38.9 Å². The zero-order valence-electron chi connectivity index (χ0n) is 11.8. The van der Waals surface area contributed by atoms with Crippen molar-refractivity contribution in [3.05, 3.63) is 42.2 Å². The molecule has 1 aromatic heterocycles.